The van der Waals surface area contributed by atoms with Crippen LogP contribution in [0.1, 0.15) is 17.3 Å². The van der Waals surface area contributed by atoms with Crippen LogP contribution in [0.15, 0.2) is 59.4 Å². The number of hydrogen-bond donors (Lipinski definition) is 1. The number of fused-ring (bicyclic) bond motifs is 1. The molecular formula is C22H21N3O5. The summed E-state index contributed by atoms with van der Waals surface area (Å²) in [6, 6.07) is 15.7. The number of carbonyl (C=O) groups is 1. The van der Waals surface area contributed by atoms with E-state index in [4.69, 9.17) is 14.2 Å². The van der Waals surface area contributed by atoms with Crippen molar-refractivity contribution in [2.45, 2.75) is 13.5 Å². The number of benzene rings is 2. The van der Waals surface area contributed by atoms with Gasteiger partial charge in [-0.15, -0.1) is 0 Å². The van der Waals surface area contributed by atoms with Crippen LogP contribution in [0.2, 0.25) is 0 Å². The Bertz CT molecular complexity index is 1110. The van der Waals surface area contributed by atoms with E-state index in [2.05, 4.69) is 10.4 Å². The van der Waals surface area contributed by atoms with Crippen molar-refractivity contribution in [1.82, 2.24) is 15.1 Å². The maximum absolute atomic E-state index is 12.4. The highest BCUT2D eigenvalue weighted by atomic mass is 16.7. The second kappa shape index (κ2) is 8.69. The first-order valence-electron chi connectivity index (χ1n) is 9.63. The molecule has 154 valence electrons. The molecule has 1 N–H and O–H groups in total. The Morgan fingerprint density at radius 1 is 1.10 bits per heavy atom. The summed E-state index contributed by atoms with van der Waals surface area (Å²) in [7, 11) is 0. The van der Waals surface area contributed by atoms with E-state index < -0.39 is 0 Å². The highest BCUT2D eigenvalue weighted by Gasteiger charge is 2.16. The van der Waals surface area contributed by atoms with Crippen LogP contribution in [-0.4, -0.2) is 35.6 Å². The summed E-state index contributed by atoms with van der Waals surface area (Å²) in [4.78, 5) is 24.5. The molecule has 1 aliphatic heterocycles. The largest absolute Gasteiger partial charge is 0.494 e. The summed E-state index contributed by atoms with van der Waals surface area (Å²) in [5.41, 5.74) is 1.76. The van der Waals surface area contributed by atoms with E-state index in [1.54, 1.807) is 24.3 Å². The molecule has 2 heterocycles. The number of hydrogen-bond acceptors (Lipinski definition) is 6. The van der Waals surface area contributed by atoms with Gasteiger partial charge in [-0.25, -0.2) is 4.68 Å². The lowest BCUT2D eigenvalue weighted by Crippen LogP contribution is -2.31. The molecule has 1 aromatic heterocycles. The molecule has 30 heavy (non-hydrogen) atoms. The Balaban J connectivity index is 1.40. The van der Waals surface area contributed by atoms with Crippen LogP contribution in [0, 0.1) is 0 Å². The zero-order chi connectivity index (χ0) is 20.9. The maximum atomic E-state index is 12.4. The monoisotopic (exact) mass is 407 g/mol. The van der Waals surface area contributed by atoms with Gasteiger partial charge in [0.2, 0.25) is 6.79 Å². The van der Waals surface area contributed by atoms with Crippen molar-refractivity contribution in [1.29, 1.82) is 0 Å². The van der Waals surface area contributed by atoms with Gasteiger partial charge < -0.3 is 19.5 Å². The molecule has 0 saturated heterocycles. The van der Waals surface area contributed by atoms with Crippen molar-refractivity contribution >= 4 is 5.91 Å². The normalized spacial score (nSPS) is 11.9. The zero-order valence-corrected chi connectivity index (χ0v) is 16.5. The standard InChI is InChI=1S/C22H21N3O5/c1-2-28-17-6-3-15(4-7-17)18-8-10-21(26)25(24-18)12-11-23-22(27)16-5-9-19-20(13-16)30-14-29-19/h3-10,13H,2,11-12,14H2,1H3,(H,23,27). The van der Waals surface area contributed by atoms with Crippen molar-refractivity contribution < 1.29 is 19.0 Å². The van der Waals surface area contributed by atoms with Gasteiger partial charge in [0.05, 0.1) is 18.8 Å². The molecule has 0 radical (unpaired) electrons. The number of amides is 1. The molecule has 0 aliphatic carbocycles. The second-order valence-electron chi connectivity index (χ2n) is 6.56. The fourth-order valence-electron chi connectivity index (χ4n) is 3.07. The average molecular weight is 407 g/mol. The van der Waals surface area contributed by atoms with E-state index in [9.17, 15) is 9.59 Å². The highest BCUT2D eigenvalue weighted by Crippen LogP contribution is 2.32. The van der Waals surface area contributed by atoms with Gasteiger partial charge in [-0.1, -0.05) is 0 Å². The Hall–Kier alpha value is -3.81. The molecule has 4 rings (SSSR count). The SMILES string of the molecule is CCOc1ccc(-c2ccc(=O)n(CCNC(=O)c3ccc4c(c3)OCO4)n2)cc1. The van der Waals surface area contributed by atoms with E-state index in [0.29, 0.717) is 29.4 Å². The molecule has 1 amide bonds. The van der Waals surface area contributed by atoms with E-state index in [0.717, 1.165) is 11.3 Å². The van der Waals surface area contributed by atoms with Gasteiger partial charge in [0, 0.05) is 23.7 Å². The van der Waals surface area contributed by atoms with Crippen LogP contribution in [0.25, 0.3) is 11.3 Å². The molecule has 1 aliphatic rings. The van der Waals surface area contributed by atoms with E-state index in [1.165, 1.54) is 10.7 Å². The van der Waals surface area contributed by atoms with Crippen molar-refractivity contribution in [2.75, 3.05) is 19.9 Å². The van der Waals surface area contributed by atoms with Crippen LogP contribution in [0.5, 0.6) is 17.2 Å². The second-order valence-corrected chi connectivity index (χ2v) is 6.56. The smallest absolute Gasteiger partial charge is 0.266 e. The summed E-state index contributed by atoms with van der Waals surface area (Å²) in [5, 5.41) is 7.21. The molecule has 8 heteroatoms. The molecule has 0 bridgehead atoms. The van der Waals surface area contributed by atoms with Crippen LogP contribution in [0.3, 0.4) is 0 Å². The lowest BCUT2D eigenvalue weighted by atomic mass is 10.1. The molecule has 0 saturated carbocycles. The lowest BCUT2D eigenvalue weighted by molar-refractivity contribution is 0.0951. The van der Waals surface area contributed by atoms with Gasteiger partial charge in [-0.05, 0) is 55.5 Å². The summed E-state index contributed by atoms with van der Waals surface area (Å²) < 4.78 is 17.3. The predicted octanol–water partition coefficient (Wildman–Crippen LogP) is 2.47. The first-order chi connectivity index (χ1) is 14.6. The van der Waals surface area contributed by atoms with E-state index in [1.807, 2.05) is 31.2 Å². The molecule has 0 fully saturated rings. The quantitative estimate of drug-likeness (QED) is 0.647. The molecular weight excluding hydrogens is 386 g/mol. The first kappa shape index (κ1) is 19.5. The number of ether oxygens (including phenoxy) is 3. The third-order valence-corrected chi connectivity index (χ3v) is 4.57. The third-order valence-electron chi connectivity index (χ3n) is 4.57. The van der Waals surface area contributed by atoms with Crippen molar-refractivity contribution in [3.63, 3.8) is 0 Å². The number of carbonyl (C=O) groups excluding carboxylic acids is 1. The molecule has 8 nitrogen and oxygen atoms in total. The van der Waals surface area contributed by atoms with E-state index >= 15 is 0 Å². The number of nitrogens with zero attached hydrogens (tertiary/aromatic N) is 2. The van der Waals surface area contributed by atoms with Crippen LogP contribution in [-0.2, 0) is 6.54 Å². The summed E-state index contributed by atoms with van der Waals surface area (Å²) in [5.74, 6) is 1.68. The predicted molar refractivity (Wildman–Crippen MR) is 110 cm³/mol. The summed E-state index contributed by atoms with van der Waals surface area (Å²) >= 11 is 0. The van der Waals surface area contributed by atoms with Gasteiger partial charge in [0.1, 0.15) is 5.75 Å². The molecule has 0 spiro atoms. The van der Waals surface area contributed by atoms with Gasteiger partial charge in [0.25, 0.3) is 11.5 Å². The lowest BCUT2D eigenvalue weighted by Gasteiger charge is -2.09. The van der Waals surface area contributed by atoms with Gasteiger partial charge >= 0.3 is 0 Å². The summed E-state index contributed by atoms with van der Waals surface area (Å²) in [6.07, 6.45) is 0. The Morgan fingerprint density at radius 2 is 1.90 bits per heavy atom. The maximum Gasteiger partial charge on any atom is 0.266 e. The number of nitrogens with one attached hydrogen (secondary N) is 1. The van der Waals surface area contributed by atoms with Crippen molar-refractivity contribution in [3.05, 3.63) is 70.5 Å². The Labute approximate surface area is 173 Å². The topological polar surface area (TPSA) is 91.7 Å². The van der Waals surface area contributed by atoms with Gasteiger partial charge in [-0.2, -0.15) is 5.10 Å². The van der Waals surface area contributed by atoms with Crippen LogP contribution < -0.4 is 25.1 Å². The van der Waals surface area contributed by atoms with E-state index in [-0.39, 0.29) is 31.3 Å². The van der Waals surface area contributed by atoms with Crippen LogP contribution in [0.4, 0.5) is 0 Å². The van der Waals surface area contributed by atoms with Gasteiger partial charge in [0.15, 0.2) is 11.5 Å². The molecule has 2 aromatic carbocycles. The minimum atomic E-state index is -0.260. The summed E-state index contributed by atoms with van der Waals surface area (Å²) in [6.45, 7) is 3.18. The fourth-order valence-corrected chi connectivity index (χ4v) is 3.07. The fraction of sp³-hybridized carbons (Fsp3) is 0.227. The third kappa shape index (κ3) is 4.27. The minimum Gasteiger partial charge on any atom is -0.494 e. The Kier molecular flexibility index (Phi) is 5.65. The average Bonchev–Trinajstić information content (AvgIpc) is 3.24. The molecule has 0 unspecified atom stereocenters. The molecule has 3 aromatic rings. The van der Waals surface area contributed by atoms with Gasteiger partial charge in [-0.3, -0.25) is 9.59 Å². The van der Waals surface area contributed by atoms with Crippen molar-refractivity contribution in [3.8, 4) is 28.5 Å². The zero-order valence-electron chi connectivity index (χ0n) is 16.5. The number of rotatable bonds is 7. The highest BCUT2D eigenvalue weighted by molar-refractivity contribution is 5.94. The Morgan fingerprint density at radius 3 is 2.70 bits per heavy atom. The first-order valence-corrected chi connectivity index (χ1v) is 9.63. The molecule has 0 atom stereocenters. The number of aromatic nitrogens is 2. The van der Waals surface area contributed by atoms with Crippen LogP contribution >= 0.6 is 0 Å². The minimum absolute atomic E-state index is 0.152. The van der Waals surface area contributed by atoms with Crippen molar-refractivity contribution in [2.24, 2.45) is 0 Å².